The smallest absolute Gasteiger partial charge is 0.0183 e. The van der Waals surface area contributed by atoms with E-state index in [1.54, 1.807) is 0 Å². The second kappa shape index (κ2) is 8.05. The molecule has 0 aromatic carbocycles. The quantitative estimate of drug-likeness (QED) is 0.291. The number of rotatable bonds is 5. The Balaban J connectivity index is 1.49. The lowest BCUT2D eigenvalue weighted by Crippen LogP contribution is -2.50. The van der Waals surface area contributed by atoms with Crippen molar-refractivity contribution >= 4 is 15.9 Å². The van der Waals surface area contributed by atoms with Crippen LogP contribution in [0.2, 0.25) is 0 Å². The molecule has 0 heterocycles. The van der Waals surface area contributed by atoms with Gasteiger partial charge >= 0.3 is 0 Å². The van der Waals surface area contributed by atoms with E-state index < -0.39 is 0 Å². The summed E-state index contributed by atoms with van der Waals surface area (Å²) in [6.07, 6.45) is 18.6. The van der Waals surface area contributed by atoms with Crippen molar-refractivity contribution in [2.75, 3.05) is 0 Å². The molecule has 0 aromatic rings. The molecule has 0 unspecified atom stereocenters. The Morgan fingerprint density at radius 2 is 1.79 bits per heavy atom. The summed E-state index contributed by atoms with van der Waals surface area (Å²) < 4.78 is 0. The monoisotopic (exact) mass is 448 g/mol. The molecule has 1 heteroatoms. The zero-order valence-electron chi connectivity index (χ0n) is 19.3. The van der Waals surface area contributed by atoms with Crippen molar-refractivity contribution in [3.63, 3.8) is 0 Å². The highest BCUT2D eigenvalue weighted by Crippen LogP contribution is 2.67. The number of halogens is 1. The van der Waals surface area contributed by atoms with E-state index in [4.69, 9.17) is 0 Å². The summed E-state index contributed by atoms with van der Waals surface area (Å²) in [5, 5.41) is 0. The van der Waals surface area contributed by atoms with Crippen LogP contribution < -0.4 is 0 Å². The predicted molar refractivity (Wildman–Crippen MR) is 126 cm³/mol. The van der Waals surface area contributed by atoms with Gasteiger partial charge in [0.25, 0.3) is 0 Å². The van der Waals surface area contributed by atoms with E-state index in [0.717, 1.165) is 40.3 Å². The number of fused-ring (bicyclic) bond motifs is 5. The number of alkyl halides is 1. The fraction of sp³-hybridized carbons (Fsp3) is 0.926. The van der Waals surface area contributed by atoms with Crippen molar-refractivity contribution in [3.05, 3.63) is 11.6 Å². The van der Waals surface area contributed by atoms with Crippen LogP contribution in [-0.2, 0) is 0 Å². The number of hydrogen-bond acceptors (Lipinski definition) is 0. The molecule has 0 bridgehead atoms. The van der Waals surface area contributed by atoms with Gasteiger partial charge in [0.05, 0.1) is 0 Å². The standard InChI is InChI=1S/C27H45Br/c1-18(2)7-6-8-19(3)23-11-12-24-22-10-9-20-17-21(28)13-15-26(20,4)25(22)14-16-27(23,24)5/h9,18-19,21-25H,6-8,10-17H2,1-5H3/t19-,21-,22-,23+,24-,25-,26-,27+/m1/s1. The van der Waals surface area contributed by atoms with Gasteiger partial charge < -0.3 is 0 Å². The van der Waals surface area contributed by atoms with E-state index in [-0.39, 0.29) is 0 Å². The van der Waals surface area contributed by atoms with Gasteiger partial charge in [-0.3, -0.25) is 0 Å². The topological polar surface area (TPSA) is 0 Å². The molecule has 3 fully saturated rings. The Bertz CT molecular complexity index is 591. The van der Waals surface area contributed by atoms with Gasteiger partial charge in [-0.25, -0.2) is 0 Å². The highest BCUT2D eigenvalue weighted by Gasteiger charge is 2.58. The predicted octanol–water partition coefficient (Wildman–Crippen LogP) is 8.79. The summed E-state index contributed by atoms with van der Waals surface area (Å²) in [5.74, 6) is 5.74. The van der Waals surface area contributed by atoms with Crippen molar-refractivity contribution < 1.29 is 0 Å². The molecule has 160 valence electrons. The van der Waals surface area contributed by atoms with E-state index in [0.29, 0.717) is 10.8 Å². The highest BCUT2D eigenvalue weighted by molar-refractivity contribution is 9.09. The highest BCUT2D eigenvalue weighted by atomic mass is 79.9. The molecule has 4 aliphatic carbocycles. The van der Waals surface area contributed by atoms with Crippen molar-refractivity contribution in [1.29, 1.82) is 0 Å². The minimum absolute atomic E-state index is 0.523. The van der Waals surface area contributed by atoms with Crippen LogP contribution in [0, 0.1) is 46.3 Å². The fourth-order valence-corrected chi connectivity index (χ4v) is 9.22. The van der Waals surface area contributed by atoms with Gasteiger partial charge in [0.2, 0.25) is 0 Å². The second-order valence-corrected chi connectivity index (χ2v) is 13.4. The average Bonchev–Trinajstić information content (AvgIpc) is 2.99. The van der Waals surface area contributed by atoms with E-state index >= 15 is 0 Å². The van der Waals surface area contributed by atoms with Crippen LogP contribution in [0.5, 0.6) is 0 Å². The number of allylic oxidation sites excluding steroid dienone is 2. The maximum atomic E-state index is 3.93. The molecule has 0 spiro atoms. The van der Waals surface area contributed by atoms with Crippen LogP contribution in [0.25, 0.3) is 0 Å². The first-order valence-electron chi connectivity index (χ1n) is 12.6. The average molecular weight is 450 g/mol. The molecule has 0 amide bonds. The van der Waals surface area contributed by atoms with Gasteiger partial charge in [0, 0.05) is 4.83 Å². The number of hydrogen-bond donors (Lipinski definition) is 0. The first kappa shape index (κ1) is 21.5. The van der Waals surface area contributed by atoms with Crippen LogP contribution in [-0.4, -0.2) is 4.83 Å². The molecule has 0 aliphatic heterocycles. The Kier molecular flexibility index (Phi) is 6.17. The maximum absolute atomic E-state index is 3.93. The van der Waals surface area contributed by atoms with Crippen LogP contribution in [0.4, 0.5) is 0 Å². The van der Waals surface area contributed by atoms with E-state index in [1.807, 2.05) is 5.57 Å². The van der Waals surface area contributed by atoms with Crippen molar-refractivity contribution in [1.82, 2.24) is 0 Å². The van der Waals surface area contributed by atoms with Crippen molar-refractivity contribution in [2.24, 2.45) is 46.3 Å². The molecule has 4 aliphatic rings. The van der Waals surface area contributed by atoms with Gasteiger partial charge in [-0.1, -0.05) is 81.5 Å². The summed E-state index contributed by atoms with van der Waals surface area (Å²) in [7, 11) is 0. The lowest BCUT2D eigenvalue weighted by atomic mass is 9.47. The molecular weight excluding hydrogens is 404 g/mol. The van der Waals surface area contributed by atoms with Crippen LogP contribution in [0.15, 0.2) is 11.6 Å². The van der Waals surface area contributed by atoms with Crippen LogP contribution >= 0.6 is 15.9 Å². The zero-order chi connectivity index (χ0) is 20.1. The molecule has 4 rings (SSSR count). The molecule has 0 saturated heterocycles. The Morgan fingerprint density at radius 1 is 1.00 bits per heavy atom. The molecule has 3 saturated carbocycles. The van der Waals surface area contributed by atoms with E-state index in [1.165, 1.54) is 70.6 Å². The van der Waals surface area contributed by atoms with Crippen LogP contribution in [0.3, 0.4) is 0 Å². The third kappa shape index (κ3) is 3.58. The summed E-state index contributed by atoms with van der Waals surface area (Å²) in [6, 6.07) is 0. The normalized spacial score (nSPS) is 46.5. The lowest BCUT2D eigenvalue weighted by molar-refractivity contribution is -0.0496. The third-order valence-corrected chi connectivity index (χ3v) is 11.0. The molecule has 0 radical (unpaired) electrons. The van der Waals surface area contributed by atoms with E-state index in [9.17, 15) is 0 Å². The minimum atomic E-state index is 0.523. The van der Waals surface area contributed by atoms with E-state index in [2.05, 4.69) is 56.6 Å². The SMILES string of the molecule is CC(C)CCC[C@@H](C)[C@@H]1CC[C@@H]2[C@H]3CC=C4C[C@H](Br)CC[C@@]4(C)[C@@H]3CC[C@]21C. The van der Waals surface area contributed by atoms with Crippen LogP contribution in [0.1, 0.15) is 105 Å². The fourth-order valence-electron chi connectivity index (χ4n) is 8.64. The largest absolute Gasteiger partial charge is 0.0887 e. The molecular formula is C27H45Br. The summed E-state index contributed by atoms with van der Waals surface area (Å²) >= 11 is 3.93. The summed E-state index contributed by atoms with van der Waals surface area (Å²) in [6.45, 7) is 12.7. The van der Waals surface area contributed by atoms with Gasteiger partial charge in [-0.2, -0.15) is 0 Å². The molecule has 8 atom stereocenters. The van der Waals surface area contributed by atoms with Crippen molar-refractivity contribution in [3.8, 4) is 0 Å². The Labute approximate surface area is 183 Å². The maximum Gasteiger partial charge on any atom is 0.0183 e. The van der Waals surface area contributed by atoms with Gasteiger partial charge in [0.15, 0.2) is 0 Å². The summed E-state index contributed by atoms with van der Waals surface area (Å²) in [4.78, 5) is 0.736. The van der Waals surface area contributed by atoms with Crippen molar-refractivity contribution in [2.45, 2.75) is 110 Å². The van der Waals surface area contributed by atoms with Gasteiger partial charge in [-0.15, -0.1) is 0 Å². The van der Waals surface area contributed by atoms with Gasteiger partial charge in [0.1, 0.15) is 0 Å². The van der Waals surface area contributed by atoms with Gasteiger partial charge in [-0.05, 0) is 97.7 Å². The molecule has 0 nitrogen and oxygen atoms in total. The third-order valence-electron chi connectivity index (χ3n) is 10.2. The molecule has 0 aromatic heterocycles. The Morgan fingerprint density at radius 3 is 2.54 bits per heavy atom. The summed E-state index contributed by atoms with van der Waals surface area (Å²) in [5.41, 5.74) is 2.98. The first-order chi connectivity index (χ1) is 13.3. The second-order valence-electron chi connectivity index (χ2n) is 12.1. The molecule has 28 heavy (non-hydrogen) atoms. The lowest BCUT2D eigenvalue weighted by Gasteiger charge is -2.58. The first-order valence-corrected chi connectivity index (χ1v) is 13.5. The Hall–Kier alpha value is 0.220. The minimum Gasteiger partial charge on any atom is -0.0887 e. The molecule has 0 N–H and O–H groups in total. The zero-order valence-corrected chi connectivity index (χ0v) is 20.9.